The number of aromatic nitrogens is 2. The van der Waals surface area contributed by atoms with E-state index >= 15 is 0 Å². The Morgan fingerprint density at radius 3 is 2.33 bits per heavy atom. The Kier molecular flexibility index (Phi) is 5.66. The minimum absolute atomic E-state index is 0.00164. The molecule has 2 aromatic carbocycles. The van der Waals surface area contributed by atoms with E-state index in [0.717, 1.165) is 11.6 Å². The third-order valence-corrected chi connectivity index (χ3v) is 5.03. The third-order valence-electron chi connectivity index (χ3n) is 4.07. The van der Waals surface area contributed by atoms with Gasteiger partial charge in [-0.3, -0.25) is 4.79 Å². The fourth-order valence-electron chi connectivity index (χ4n) is 2.75. The van der Waals surface area contributed by atoms with Gasteiger partial charge in [0.2, 0.25) is 0 Å². The standard InChI is InChI=1S/C19H14F4N2O4S/c1-11-17(18(26)25-16(24-11)9-12-5-3-2-4-6-12)13-7-8-15(14(20)10-13)29-30(27,28)19(21,22)23/h2-8,10H,9H2,1H3,(H,24,25,26). The highest BCUT2D eigenvalue weighted by Crippen LogP contribution is 2.30. The zero-order chi connectivity index (χ0) is 22.1. The molecule has 0 aliphatic heterocycles. The quantitative estimate of drug-likeness (QED) is 0.370. The summed E-state index contributed by atoms with van der Waals surface area (Å²) in [5.41, 5.74) is -5.11. The number of alkyl halides is 3. The average Bonchev–Trinajstić information content (AvgIpc) is 2.63. The predicted octanol–water partition coefficient (Wildman–Crippen LogP) is 3.70. The van der Waals surface area contributed by atoms with Gasteiger partial charge in [0.15, 0.2) is 11.6 Å². The first-order valence-electron chi connectivity index (χ1n) is 8.42. The first kappa shape index (κ1) is 21.5. The molecule has 158 valence electrons. The number of H-pyrrole nitrogens is 1. The number of aryl methyl sites for hydroxylation is 1. The van der Waals surface area contributed by atoms with E-state index in [0.29, 0.717) is 24.4 Å². The molecule has 6 nitrogen and oxygen atoms in total. The molecule has 30 heavy (non-hydrogen) atoms. The number of halogens is 4. The van der Waals surface area contributed by atoms with Gasteiger partial charge in [-0.2, -0.15) is 21.6 Å². The lowest BCUT2D eigenvalue weighted by molar-refractivity contribution is -0.0500. The van der Waals surface area contributed by atoms with Crippen molar-refractivity contribution in [3.8, 4) is 16.9 Å². The van der Waals surface area contributed by atoms with E-state index in [1.54, 1.807) is 0 Å². The highest BCUT2D eigenvalue weighted by molar-refractivity contribution is 7.88. The van der Waals surface area contributed by atoms with Crippen LogP contribution in [0.25, 0.3) is 11.1 Å². The van der Waals surface area contributed by atoms with Crippen molar-refractivity contribution in [2.45, 2.75) is 18.9 Å². The summed E-state index contributed by atoms with van der Waals surface area (Å²) in [7, 11) is -6.02. The number of nitrogens with zero attached hydrogens (tertiary/aromatic N) is 1. The van der Waals surface area contributed by atoms with Crippen LogP contribution in [0.5, 0.6) is 5.75 Å². The first-order chi connectivity index (χ1) is 14.0. The van der Waals surface area contributed by atoms with Crippen LogP contribution in [-0.4, -0.2) is 23.9 Å². The number of aromatic amines is 1. The van der Waals surface area contributed by atoms with Crippen molar-refractivity contribution in [3.05, 3.63) is 81.8 Å². The summed E-state index contributed by atoms with van der Waals surface area (Å²) in [6.07, 6.45) is 0.355. The maximum Gasteiger partial charge on any atom is 0.534 e. The molecule has 0 saturated heterocycles. The number of benzene rings is 2. The fraction of sp³-hybridized carbons (Fsp3) is 0.158. The van der Waals surface area contributed by atoms with Crippen LogP contribution >= 0.6 is 0 Å². The summed E-state index contributed by atoms with van der Waals surface area (Å²) < 4.78 is 77.3. The van der Waals surface area contributed by atoms with Gasteiger partial charge in [0, 0.05) is 6.42 Å². The fourth-order valence-corrected chi connectivity index (χ4v) is 3.21. The lowest BCUT2D eigenvalue weighted by Crippen LogP contribution is -2.28. The molecule has 1 heterocycles. The van der Waals surface area contributed by atoms with E-state index in [-0.39, 0.29) is 16.8 Å². The van der Waals surface area contributed by atoms with Crippen molar-refractivity contribution >= 4 is 10.1 Å². The molecule has 0 amide bonds. The van der Waals surface area contributed by atoms with Crippen molar-refractivity contribution < 1.29 is 30.2 Å². The SMILES string of the molecule is Cc1nc(Cc2ccccc2)[nH]c(=O)c1-c1ccc(OS(=O)(=O)C(F)(F)F)c(F)c1. The Morgan fingerprint density at radius 2 is 1.77 bits per heavy atom. The molecule has 0 aliphatic rings. The molecule has 0 radical (unpaired) electrons. The van der Waals surface area contributed by atoms with E-state index in [2.05, 4.69) is 14.2 Å². The van der Waals surface area contributed by atoms with Gasteiger partial charge in [-0.25, -0.2) is 9.37 Å². The lowest BCUT2D eigenvalue weighted by atomic mass is 10.0. The Hall–Kier alpha value is -3.21. The topological polar surface area (TPSA) is 89.1 Å². The Bertz CT molecular complexity index is 1240. The molecule has 0 bridgehead atoms. The van der Waals surface area contributed by atoms with Gasteiger partial charge in [-0.1, -0.05) is 36.4 Å². The minimum Gasteiger partial charge on any atom is -0.373 e. The first-order valence-corrected chi connectivity index (χ1v) is 9.83. The zero-order valence-corrected chi connectivity index (χ0v) is 16.1. The normalized spacial score (nSPS) is 12.0. The maximum absolute atomic E-state index is 14.2. The number of rotatable bonds is 5. The summed E-state index contributed by atoms with van der Waals surface area (Å²) in [6.45, 7) is 1.52. The highest BCUT2D eigenvalue weighted by Gasteiger charge is 2.48. The second-order valence-corrected chi connectivity index (χ2v) is 7.80. The van der Waals surface area contributed by atoms with Gasteiger partial charge < -0.3 is 9.17 Å². The van der Waals surface area contributed by atoms with Crippen molar-refractivity contribution in [2.24, 2.45) is 0 Å². The van der Waals surface area contributed by atoms with Crippen molar-refractivity contribution in [1.29, 1.82) is 0 Å². The maximum atomic E-state index is 14.2. The van der Waals surface area contributed by atoms with Gasteiger partial charge in [0.1, 0.15) is 5.82 Å². The average molecular weight is 442 g/mol. The summed E-state index contributed by atoms with van der Waals surface area (Å²) in [5, 5.41) is 0. The summed E-state index contributed by atoms with van der Waals surface area (Å²) >= 11 is 0. The van der Waals surface area contributed by atoms with Crippen LogP contribution < -0.4 is 9.74 Å². The third kappa shape index (κ3) is 4.51. The number of nitrogens with one attached hydrogen (secondary N) is 1. The molecule has 0 aliphatic carbocycles. The number of hydrogen-bond donors (Lipinski definition) is 1. The van der Waals surface area contributed by atoms with Crippen molar-refractivity contribution in [2.75, 3.05) is 0 Å². The smallest absolute Gasteiger partial charge is 0.373 e. The molecular weight excluding hydrogens is 428 g/mol. The monoisotopic (exact) mass is 442 g/mol. The van der Waals surface area contributed by atoms with Crippen LogP contribution in [0, 0.1) is 12.7 Å². The molecule has 1 N–H and O–H groups in total. The van der Waals surface area contributed by atoms with Crippen LogP contribution in [-0.2, 0) is 16.5 Å². The van der Waals surface area contributed by atoms with Crippen LogP contribution in [0.4, 0.5) is 17.6 Å². The van der Waals surface area contributed by atoms with Crippen molar-refractivity contribution in [3.63, 3.8) is 0 Å². The Balaban J connectivity index is 1.93. The van der Waals surface area contributed by atoms with Gasteiger partial charge in [0.05, 0.1) is 11.3 Å². The molecule has 0 fully saturated rings. The Morgan fingerprint density at radius 1 is 1.10 bits per heavy atom. The summed E-state index contributed by atoms with van der Waals surface area (Å²) in [4.78, 5) is 19.4. The summed E-state index contributed by atoms with van der Waals surface area (Å²) in [6, 6.07) is 11.7. The molecule has 1 aromatic heterocycles. The van der Waals surface area contributed by atoms with Gasteiger partial charge in [-0.15, -0.1) is 0 Å². The van der Waals surface area contributed by atoms with E-state index in [1.165, 1.54) is 6.92 Å². The largest absolute Gasteiger partial charge is 0.534 e. The van der Waals surface area contributed by atoms with E-state index in [9.17, 15) is 30.8 Å². The van der Waals surface area contributed by atoms with E-state index < -0.39 is 32.8 Å². The molecule has 0 saturated carbocycles. The molecule has 0 atom stereocenters. The number of hydrogen-bond acceptors (Lipinski definition) is 5. The van der Waals surface area contributed by atoms with Crippen molar-refractivity contribution in [1.82, 2.24) is 9.97 Å². The highest BCUT2D eigenvalue weighted by atomic mass is 32.2. The lowest BCUT2D eigenvalue weighted by Gasteiger charge is -2.11. The minimum atomic E-state index is -6.02. The van der Waals surface area contributed by atoms with Crippen LogP contribution in [0.2, 0.25) is 0 Å². The molecule has 0 unspecified atom stereocenters. The summed E-state index contributed by atoms with van der Waals surface area (Å²) in [5.74, 6) is -2.14. The van der Waals surface area contributed by atoms with Crippen LogP contribution in [0.3, 0.4) is 0 Å². The molecular formula is C19H14F4N2O4S. The predicted molar refractivity (Wildman–Crippen MR) is 99.8 cm³/mol. The van der Waals surface area contributed by atoms with Crippen LogP contribution in [0.15, 0.2) is 53.3 Å². The van der Waals surface area contributed by atoms with Crippen LogP contribution in [0.1, 0.15) is 17.1 Å². The zero-order valence-electron chi connectivity index (χ0n) is 15.3. The molecule has 3 aromatic rings. The van der Waals surface area contributed by atoms with E-state index in [1.807, 2.05) is 30.3 Å². The van der Waals surface area contributed by atoms with E-state index in [4.69, 9.17) is 0 Å². The molecule has 11 heteroatoms. The van der Waals surface area contributed by atoms with Gasteiger partial charge in [0.25, 0.3) is 5.56 Å². The van der Waals surface area contributed by atoms with Gasteiger partial charge >= 0.3 is 15.6 Å². The second kappa shape index (κ2) is 7.90. The Labute approximate surface area is 168 Å². The second-order valence-electron chi connectivity index (χ2n) is 6.26. The molecule has 0 spiro atoms. The van der Waals surface area contributed by atoms with Gasteiger partial charge in [-0.05, 0) is 30.2 Å². The molecule has 3 rings (SSSR count).